The van der Waals surface area contributed by atoms with Gasteiger partial charge in [-0.15, -0.1) is 0 Å². The van der Waals surface area contributed by atoms with Crippen molar-refractivity contribution in [3.63, 3.8) is 0 Å². The number of ketones is 1. The molecule has 2 aromatic rings. The highest BCUT2D eigenvalue weighted by molar-refractivity contribution is 6.30. The smallest absolute Gasteiger partial charge is 0.290 e. The van der Waals surface area contributed by atoms with Gasteiger partial charge in [0.2, 0.25) is 5.78 Å². The maximum atomic E-state index is 12.8. The molecule has 130 valence electrons. The lowest BCUT2D eigenvalue weighted by molar-refractivity contribution is -0.130. The predicted molar refractivity (Wildman–Crippen MR) is 90.5 cm³/mol. The van der Waals surface area contributed by atoms with Crippen LogP contribution in [0.2, 0.25) is 5.02 Å². The van der Waals surface area contributed by atoms with Gasteiger partial charge in [-0.1, -0.05) is 23.7 Å². The van der Waals surface area contributed by atoms with Gasteiger partial charge in [-0.3, -0.25) is 9.59 Å². The van der Waals surface area contributed by atoms with Crippen molar-refractivity contribution < 1.29 is 23.8 Å². The second-order valence-corrected chi connectivity index (χ2v) is 5.95. The molecule has 1 aromatic heterocycles. The summed E-state index contributed by atoms with van der Waals surface area (Å²) in [5.74, 6) is -1.66. The minimum atomic E-state index is -0.738. The lowest BCUT2D eigenvalue weighted by atomic mass is 9.95. The number of Topliss-reactive ketones (excluding diaryl/α,β-unsaturated/α-hetero) is 1. The van der Waals surface area contributed by atoms with E-state index < -0.39 is 23.5 Å². The molecule has 1 unspecified atom stereocenters. The molecule has 2 heterocycles. The van der Waals surface area contributed by atoms with E-state index in [2.05, 4.69) is 0 Å². The predicted octanol–water partition coefficient (Wildman–Crippen LogP) is 3.16. The molecular weight excluding hydrogens is 346 g/mol. The fourth-order valence-corrected chi connectivity index (χ4v) is 2.96. The normalized spacial score (nSPS) is 17.4. The second kappa shape index (κ2) is 7.13. The number of carbonyl (C=O) groups is 2. The molecule has 1 aliphatic heterocycles. The third kappa shape index (κ3) is 3.18. The Morgan fingerprint density at radius 2 is 2.04 bits per heavy atom. The maximum Gasteiger partial charge on any atom is 0.290 e. The Labute approximate surface area is 149 Å². The van der Waals surface area contributed by atoms with Crippen LogP contribution in [0.5, 0.6) is 0 Å². The first kappa shape index (κ1) is 17.3. The largest absolute Gasteiger partial charge is 0.503 e. The van der Waals surface area contributed by atoms with Crippen molar-refractivity contribution in [2.24, 2.45) is 0 Å². The second-order valence-electron chi connectivity index (χ2n) is 5.51. The summed E-state index contributed by atoms with van der Waals surface area (Å²) in [6, 6.07) is 9.09. The average Bonchev–Trinajstić information content (AvgIpc) is 3.22. The molecule has 1 N–H and O–H groups in total. The summed E-state index contributed by atoms with van der Waals surface area (Å²) in [4.78, 5) is 26.7. The number of aliphatic hydroxyl groups is 1. The molecule has 0 spiro atoms. The Balaban J connectivity index is 2.06. The van der Waals surface area contributed by atoms with Gasteiger partial charge in [0.1, 0.15) is 0 Å². The Morgan fingerprint density at radius 3 is 2.64 bits per heavy atom. The van der Waals surface area contributed by atoms with Crippen LogP contribution in [0.15, 0.2) is 58.4 Å². The van der Waals surface area contributed by atoms with Gasteiger partial charge in [0.15, 0.2) is 11.5 Å². The molecule has 1 aliphatic rings. The SMILES string of the molecule is COCCN1C(=O)C(O)=C(C(=O)c2ccco2)C1c1ccc(Cl)cc1. The van der Waals surface area contributed by atoms with Crippen LogP contribution in [0.1, 0.15) is 22.2 Å². The summed E-state index contributed by atoms with van der Waals surface area (Å²) >= 11 is 5.93. The molecule has 1 atom stereocenters. The molecule has 0 fully saturated rings. The van der Waals surface area contributed by atoms with Crippen molar-refractivity contribution in [2.75, 3.05) is 20.3 Å². The molecule has 3 rings (SSSR count). The summed E-state index contributed by atoms with van der Waals surface area (Å²) < 4.78 is 10.2. The Bertz CT molecular complexity index is 811. The Hall–Kier alpha value is -2.57. The third-order valence-corrected chi connectivity index (χ3v) is 4.27. The molecule has 7 heteroatoms. The molecule has 0 saturated heterocycles. The number of methoxy groups -OCH3 is 1. The zero-order chi connectivity index (χ0) is 18.0. The minimum absolute atomic E-state index is 0.0154. The highest BCUT2D eigenvalue weighted by Gasteiger charge is 2.44. The van der Waals surface area contributed by atoms with Gasteiger partial charge in [0, 0.05) is 18.7 Å². The number of hydrogen-bond acceptors (Lipinski definition) is 5. The van der Waals surface area contributed by atoms with Crippen LogP contribution in [0, 0.1) is 0 Å². The number of halogens is 1. The van der Waals surface area contributed by atoms with E-state index in [1.165, 1.54) is 24.3 Å². The number of furan rings is 1. The number of benzene rings is 1. The van der Waals surface area contributed by atoms with E-state index in [1.807, 2.05) is 0 Å². The number of aliphatic hydroxyl groups excluding tert-OH is 1. The number of carbonyl (C=O) groups excluding carboxylic acids is 2. The Kier molecular flexibility index (Phi) is 4.92. The number of hydrogen-bond donors (Lipinski definition) is 1. The van der Waals surface area contributed by atoms with Crippen LogP contribution in [-0.4, -0.2) is 42.0 Å². The fraction of sp³-hybridized carbons (Fsp3) is 0.222. The fourth-order valence-electron chi connectivity index (χ4n) is 2.84. The van der Waals surface area contributed by atoms with Gasteiger partial charge in [-0.05, 0) is 29.8 Å². The molecular formula is C18H16ClNO5. The first-order valence-corrected chi connectivity index (χ1v) is 7.99. The molecule has 0 bridgehead atoms. The van der Waals surface area contributed by atoms with Gasteiger partial charge in [-0.2, -0.15) is 0 Å². The van der Waals surface area contributed by atoms with E-state index in [1.54, 1.807) is 30.3 Å². The summed E-state index contributed by atoms with van der Waals surface area (Å²) in [5.41, 5.74) is 0.645. The first-order valence-electron chi connectivity index (χ1n) is 7.61. The lowest BCUT2D eigenvalue weighted by Gasteiger charge is -2.26. The summed E-state index contributed by atoms with van der Waals surface area (Å²) in [6.07, 6.45) is 1.36. The molecule has 0 aliphatic carbocycles. The standard InChI is InChI=1S/C18H16ClNO5/c1-24-10-8-20-15(11-4-6-12(19)7-5-11)14(17(22)18(20)23)16(21)13-3-2-9-25-13/h2-7,9,15,22H,8,10H2,1H3. The summed E-state index contributed by atoms with van der Waals surface area (Å²) in [6.45, 7) is 0.493. The third-order valence-electron chi connectivity index (χ3n) is 4.02. The van der Waals surface area contributed by atoms with Crippen molar-refractivity contribution in [3.05, 3.63) is 70.3 Å². The molecule has 1 aromatic carbocycles. The summed E-state index contributed by atoms with van der Waals surface area (Å²) in [5, 5.41) is 10.9. The van der Waals surface area contributed by atoms with Crippen molar-refractivity contribution in [3.8, 4) is 0 Å². The minimum Gasteiger partial charge on any atom is -0.503 e. The van der Waals surface area contributed by atoms with Gasteiger partial charge in [-0.25, -0.2) is 0 Å². The van der Waals surface area contributed by atoms with Crippen molar-refractivity contribution in [1.29, 1.82) is 0 Å². The van der Waals surface area contributed by atoms with Crippen molar-refractivity contribution >= 4 is 23.3 Å². The number of nitrogens with zero attached hydrogens (tertiary/aromatic N) is 1. The van der Waals surface area contributed by atoms with E-state index in [0.29, 0.717) is 10.6 Å². The molecule has 25 heavy (non-hydrogen) atoms. The maximum absolute atomic E-state index is 12.8. The quantitative estimate of drug-likeness (QED) is 0.799. The number of ether oxygens (including phenoxy) is 1. The van der Waals surface area contributed by atoms with Gasteiger partial charge < -0.3 is 19.2 Å². The van der Waals surface area contributed by atoms with Crippen LogP contribution in [0.25, 0.3) is 0 Å². The van der Waals surface area contributed by atoms with E-state index >= 15 is 0 Å². The topological polar surface area (TPSA) is 80.0 Å². The van der Waals surface area contributed by atoms with Gasteiger partial charge in [0.05, 0.1) is 24.5 Å². The number of amides is 1. The molecule has 0 radical (unpaired) electrons. The average molecular weight is 362 g/mol. The zero-order valence-electron chi connectivity index (χ0n) is 13.4. The van der Waals surface area contributed by atoms with E-state index in [-0.39, 0.29) is 24.5 Å². The van der Waals surface area contributed by atoms with Crippen LogP contribution in [0.3, 0.4) is 0 Å². The molecule has 0 saturated carbocycles. The van der Waals surface area contributed by atoms with E-state index in [0.717, 1.165) is 0 Å². The van der Waals surface area contributed by atoms with Crippen molar-refractivity contribution in [1.82, 2.24) is 4.90 Å². The van der Waals surface area contributed by atoms with Crippen LogP contribution in [-0.2, 0) is 9.53 Å². The van der Waals surface area contributed by atoms with Crippen LogP contribution < -0.4 is 0 Å². The number of rotatable bonds is 6. The summed E-state index contributed by atoms with van der Waals surface area (Å²) in [7, 11) is 1.51. The molecule has 6 nitrogen and oxygen atoms in total. The highest BCUT2D eigenvalue weighted by atomic mass is 35.5. The van der Waals surface area contributed by atoms with Crippen molar-refractivity contribution in [2.45, 2.75) is 6.04 Å². The van der Waals surface area contributed by atoms with Gasteiger partial charge >= 0.3 is 0 Å². The van der Waals surface area contributed by atoms with E-state index in [9.17, 15) is 14.7 Å². The highest BCUT2D eigenvalue weighted by Crippen LogP contribution is 2.39. The lowest BCUT2D eigenvalue weighted by Crippen LogP contribution is -2.33. The zero-order valence-corrected chi connectivity index (χ0v) is 14.2. The molecule has 1 amide bonds. The van der Waals surface area contributed by atoms with Crippen LogP contribution >= 0.6 is 11.6 Å². The van der Waals surface area contributed by atoms with Crippen LogP contribution in [0.4, 0.5) is 0 Å². The van der Waals surface area contributed by atoms with Gasteiger partial charge in [0.25, 0.3) is 5.91 Å². The Morgan fingerprint density at radius 1 is 1.32 bits per heavy atom. The first-order chi connectivity index (χ1) is 12.0. The monoisotopic (exact) mass is 361 g/mol. The van der Waals surface area contributed by atoms with E-state index in [4.69, 9.17) is 20.8 Å².